The van der Waals surface area contributed by atoms with E-state index in [4.69, 9.17) is 0 Å². The molecule has 1 saturated carbocycles. The number of amides is 2. The quantitative estimate of drug-likeness (QED) is 0.770. The summed E-state index contributed by atoms with van der Waals surface area (Å²) in [6.45, 7) is 3.84. The Morgan fingerprint density at radius 2 is 2.21 bits per heavy atom. The van der Waals surface area contributed by atoms with Crippen molar-refractivity contribution in [1.82, 2.24) is 14.8 Å². The molecule has 1 aromatic rings. The van der Waals surface area contributed by atoms with Crippen LogP contribution in [0.15, 0.2) is 36.5 Å². The fraction of sp³-hybridized carbons (Fsp3) is 0.500. The predicted molar refractivity (Wildman–Crippen MR) is 95.3 cm³/mol. The monoisotopic (exact) mass is 345 g/mol. The lowest BCUT2D eigenvalue weighted by atomic mass is 10.1. The van der Waals surface area contributed by atoms with Crippen LogP contribution in [0.25, 0.3) is 0 Å². The minimum atomic E-state index is -0.370. The number of thioether (sulfide) groups is 1. The van der Waals surface area contributed by atoms with Gasteiger partial charge in [0.05, 0.1) is 17.6 Å². The van der Waals surface area contributed by atoms with Crippen LogP contribution < -0.4 is 0 Å². The first kappa shape index (κ1) is 17.0. The van der Waals surface area contributed by atoms with Gasteiger partial charge in [-0.25, -0.2) is 0 Å². The van der Waals surface area contributed by atoms with Gasteiger partial charge in [-0.05, 0) is 44.9 Å². The van der Waals surface area contributed by atoms with Crippen molar-refractivity contribution in [3.63, 3.8) is 0 Å². The van der Waals surface area contributed by atoms with Crippen molar-refractivity contribution in [1.29, 1.82) is 0 Å². The minimum absolute atomic E-state index is 0.0542. The number of nitrogens with zero attached hydrogens (tertiary/aromatic N) is 3. The third kappa shape index (κ3) is 3.48. The Bertz CT molecular complexity index is 630. The Hall–Kier alpha value is -1.82. The molecule has 3 rings (SSSR count). The molecule has 0 aromatic carbocycles. The van der Waals surface area contributed by atoms with Crippen LogP contribution in [0, 0.1) is 0 Å². The van der Waals surface area contributed by atoms with Crippen LogP contribution in [0.3, 0.4) is 0 Å². The first-order chi connectivity index (χ1) is 11.6. The zero-order chi connectivity index (χ0) is 17.1. The minimum Gasteiger partial charge on any atom is -0.330 e. The van der Waals surface area contributed by atoms with Crippen LogP contribution in [-0.4, -0.2) is 50.3 Å². The van der Waals surface area contributed by atoms with Crippen molar-refractivity contribution in [3.8, 4) is 0 Å². The molecule has 1 aliphatic heterocycles. The second-order valence-electron chi connectivity index (χ2n) is 6.23. The normalized spacial score (nSPS) is 21.9. The molecule has 2 unspecified atom stereocenters. The van der Waals surface area contributed by atoms with Crippen molar-refractivity contribution in [3.05, 3.63) is 42.2 Å². The molecule has 0 spiro atoms. The summed E-state index contributed by atoms with van der Waals surface area (Å²) in [6, 6.07) is 5.62. The fourth-order valence-electron chi connectivity index (χ4n) is 3.08. The van der Waals surface area contributed by atoms with E-state index in [1.807, 2.05) is 36.9 Å². The SMILES string of the molecule is CC=CC(=O)N1CSCC1C(=O)N(C1CC1)C(C)c1ccccn1. The number of hydrogen-bond donors (Lipinski definition) is 0. The van der Waals surface area contributed by atoms with Crippen LogP contribution in [-0.2, 0) is 9.59 Å². The summed E-state index contributed by atoms with van der Waals surface area (Å²) >= 11 is 1.64. The molecule has 1 saturated heterocycles. The molecule has 128 valence electrons. The molecule has 1 aliphatic carbocycles. The summed E-state index contributed by atoms with van der Waals surface area (Å²) < 4.78 is 0. The Balaban J connectivity index is 1.81. The van der Waals surface area contributed by atoms with E-state index in [1.54, 1.807) is 28.9 Å². The van der Waals surface area contributed by atoms with Crippen LogP contribution >= 0.6 is 11.8 Å². The molecule has 0 bridgehead atoms. The Labute approximate surface area is 147 Å². The predicted octanol–water partition coefficient (Wildman–Crippen LogP) is 2.61. The van der Waals surface area contributed by atoms with Gasteiger partial charge in [0.25, 0.3) is 0 Å². The highest BCUT2D eigenvalue weighted by molar-refractivity contribution is 7.99. The van der Waals surface area contributed by atoms with E-state index in [-0.39, 0.29) is 29.9 Å². The zero-order valence-electron chi connectivity index (χ0n) is 14.1. The number of hydrogen-bond acceptors (Lipinski definition) is 4. The first-order valence-electron chi connectivity index (χ1n) is 8.37. The Kier molecular flexibility index (Phi) is 5.23. The molecule has 0 N–H and O–H groups in total. The molecule has 2 heterocycles. The largest absolute Gasteiger partial charge is 0.330 e. The number of carbonyl (C=O) groups is 2. The molecule has 0 radical (unpaired) electrons. The highest BCUT2D eigenvalue weighted by Gasteiger charge is 2.43. The molecular weight excluding hydrogens is 322 g/mol. The average Bonchev–Trinajstić information content (AvgIpc) is 3.30. The summed E-state index contributed by atoms with van der Waals surface area (Å²) in [5.74, 6) is 1.22. The van der Waals surface area contributed by atoms with Gasteiger partial charge in [-0.3, -0.25) is 14.6 Å². The number of aromatic nitrogens is 1. The van der Waals surface area contributed by atoms with Crippen molar-refractivity contribution in [2.24, 2.45) is 0 Å². The van der Waals surface area contributed by atoms with Gasteiger partial charge in [0.1, 0.15) is 6.04 Å². The van der Waals surface area contributed by atoms with Gasteiger partial charge >= 0.3 is 0 Å². The standard InChI is InChI=1S/C18H23N3O2S/c1-3-6-17(22)20-12-24-11-16(20)18(23)21(14-8-9-14)13(2)15-7-4-5-10-19-15/h3-7,10,13-14,16H,8-9,11-12H2,1-2H3. The third-order valence-corrected chi connectivity index (χ3v) is 5.50. The lowest BCUT2D eigenvalue weighted by Gasteiger charge is -2.33. The number of rotatable bonds is 5. The lowest BCUT2D eigenvalue weighted by Crippen LogP contribution is -2.50. The molecule has 2 aliphatic rings. The average molecular weight is 345 g/mol. The van der Waals surface area contributed by atoms with Crippen LogP contribution in [0.1, 0.15) is 38.4 Å². The van der Waals surface area contributed by atoms with Crippen molar-refractivity contribution in [2.75, 3.05) is 11.6 Å². The zero-order valence-corrected chi connectivity index (χ0v) is 14.9. The van der Waals surface area contributed by atoms with Crippen LogP contribution in [0.4, 0.5) is 0 Å². The smallest absolute Gasteiger partial charge is 0.247 e. The van der Waals surface area contributed by atoms with Crippen LogP contribution in [0.2, 0.25) is 0 Å². The van der Waals surface area contributed by atoms with E-state index < -0.39 is 0 Å². The molecular formula is C18H23N3O2S. The highest BCUT2D eigenvalue weighted by atomic mass is 32.2. The maximum absolute atomic E-state index is 13.2. The first-order valence-corrected chi connectivity index (χ1v) is 9.53. The van der Waals surface area contributed by atoms with Gasteiger partial charge in [-0.2, -0.15) is 0 Å². The van der Waals surface area contributed by atoms with Gasteiger partial charge < -0.3 is 9.80 Å². The summed E-state index contributed by atoms with van der Waals surface area (Å²) in [4.78, 5) is 33.5. The summed E-state index contributed by atoms with van der Waals surface area (Å²) in [5, 5.41) is 0. The van der Waals surface area contributed by atoms with Crippen molar-refractivity contribution >= 4 is 23.6 Å². The second kappa shape index (κ2) is 7.38. The summed E-state index contributed by atoms with van der Waals surface area (Å²) in [5.41, 5.74) is 0.898. The molecule has 5 nitrogen and oxygen atoms in total. The fourth-order valence-corrected chi connectivity index (χ4v) is 4.24. The van der Waals surface area contributed by atoms with Gasteiger partial charge in [0.15, 0.2) is 0 Å². The molecule has 24 heavy (non-hydrogen) atoms. The summed E-state index contributed by atoms with van der Waals surface area (Å²) in [6.07, 6.45) is 7.09. The molecule has 6 heteroatoms. The highest BCUT2D eigenvalue weighted by Crippen LogP contribution is 2.36. The number of carbonyl (C=O) groups excluding carboxylic acids is 2. The maximum atomic E-state index is 13.2. The molecule has 1 aromatic heterocycles. The van der Waals surface area contributed by atoms with Gasteiger partial charge in [0, 0.05) is 18.0 Å². The maximum Gasteiger partial charge on any atom is 0.247 e. The van der Waals surface area contributed by atoms with Gasteiger partial charge in [-0.1, -0.05) is 12.1 Å². The second-order valence-corrected chi connectivity index (χ2v) is 7.23. The lowest BCUT2D eigenvalue weighted by molar-refractivity contribution is -0.143. The van der Waals surface area contributed by atoms with Crippen LogP contribution in [0.5, 0.6) is 0 Å². The summed E-state index contributed by atoms with van der Waals surface area (Å²) in [7, 11) is 0. The Morgan fingerprint density at radius 1 is 1.42 bits per heavy atom. The Morgan fingerprint density at radius 3 is 2.83 bits per heavy atom. The van der Waals surface area contributed by atoms with Gasteiger partial charge in [-0.15, -0.1) is 11.8 Å². The molecule has 2 fully saturated rings. The number of pyridine rings is 1. The molecule has 2 amide bonds. The van der Waals surface area contributed by atoms with E-state index in [0.717, 1.165) is 18.5 Å². The number of allylic oxidation sites excluding steroid dienone is 1. The van der Waals surface area contributed by atoms with E-state index in [2.05, 4.69) is 4.98 Å². The van der Waals surface area contributed by atoms with Crippen molar-refractivity contribution in [2.45, 2.75) is 44.8 Å². The van der Waals surface area contributed by atoms with Gasteiger partial charge in [0.2, 0.25) is 11.8 Å². The molecule has 2 atom stereocenters. The van der Waals surface area contributed by atoms with E-state index in [1.165, 1.54) is 6.08 Å². The third-order valence-electron chi connectivity index (χ3n) is 4.49. The topological polar surface area (TPSA) is 53.5 Å². The van der Waals surface area contributed by atoms with E-state index in [9.17, 15) is 9.59 Å². The van der Waals surface area contributed by atoms with Crippen molar-refractivity contribution < 1.29 is 9.59 Å². The van der Waals surface area contributed by atoms with E-state index in [0.29, 0.717) is 11.6 Å². The van der Waals surface area contributed by atoms with E-state index >= 15 is 0 Å².